The number of benzene rings is 1. The Morgan fingerprint density at radius 1 is 1.43 bits per heavy atom. The Balaban J connectivity index is 1.64. The third kappa shape index (κ3) is 3.71. The number of hydrogen-bond acceptors (Lipinski definition) is 3. The Morgan fingerprint density at radius 3 is 2.95 bits per heavy atom. The van der Waals surface area contributed by atoms with E-state index in [9.17, 15) is 4.79 Å². The van der Waals surface area contributed by atoms with E-state index in [1.807, 2.05) is 24.3 Å². The Hall–Kier alpha value is -1.20. The maximum atomic E-state index is 12.1. The molecule has 1 amide bonds. The molecule has 5 heteroatoms. The number of nitrogens with zero attached hydrogens (tertiary/aromatic N) is 1. The van der Waals surface area contributed by atoms with Crippen molar-refractivity contribution in [1.29, 1.82) is 0 Å². The van der Waals surface area contributed by atoms with Crippen molar-refractivity contribution in [2.75, 3.05) is 5.32 Å². The lowest BCUT2D eigenvalue weighted by molar-refractivity contribution is -0.115. The van der Waals surface area contributed by atoms with Gasteiger partial charge in [-0.1, -0.05) is 35.0 Å². The van der Waals surface area contributed by atoms with Crippen LogP contribution in [0, 0.1) is 5.92 Å². The van der Waals surface area contributed by atoms with Gasteiger partial charge in [0.2, 0.25) is 5.91 Å². The van der Waals surface area contributed by atoms with Gasteiger partial charge in [0, 0.05) is 9.35 Å². The van der Waals surface area contributed by atoms with Gasteiger partial charge in [-0.15, -0.1) is 11.3 Å². The summed E-state index contributed by atoms with van der Waals surface area (Å²) in [6, 6.07) is 7.81. The Labute approximate surface area is 136 Å². The third-order valence-corrected chi connectivity index (χ3v) is 5.27. The molecule has 1 atom stereocenters. The van der Waals surface area contributed by atoms with Crippen LogP contribution in [0.5, 0.6) is 0 Å². The molecular weight excluding hydrogens is 348 g/mol. The molecule has 1 N–H and O–H groups in total. The normalized spacial score (nSPS) is 17.3. The molecule has 3 nitrogen and oxygen atoms in total. The van der Waals surface area contributed by atoms with Crippen molar-refractivity contribution < 1.29 is 4.79 Å². The predicted octanol–water partition coefficient (Wildman–Crippen LogP) is 4.21. The summed E-state index contributed by atoms with van der Waals surface area (Å²) >= 11 is 5.02. The largest absolute Gasteiger partial charge is 0.302 e. The molecular formula is C16H17BrN2OS. The van der Waals surface area contributed by atoms with Crippen molar-refractivity contribution in [2.24, 2.45) is 5.92 Å². The van der Waals surface area contributed by atoms with Gasteiger partial charge in [-0.25, -0.2) is 4.98 Å². The molecule has 1 aliphatic rings. The second-order valence-corrected chi connectivity index (χ2v) is 7.59. The molecule has 2 aromatic rings. The number of anilines is 1. The molecule has 0 fully saturated rings. The highest BCUT2D eigenvalue weighted by Gasteiger charge is 2.20. The molecule has 0 aliphatic heterocycles. The minimum Gasteiger partial charge on any atom is -0.302 e. The molecule has 0 saturated carbocycles. The highest BCUT2D eigenvalue weighted by atomic mass is 79.9. The monoisotopic (exact) mass is 364 g/mol. The van der Waals surface area contributed by atoms with Crippen molar-refractivity contribution in [1.82, 2.24) is 4.98 Å². The first-order chi connectivity index (χ1) is 10.1. The average molecular weight is 365 g/mol. The van der Waals surface area contributed by atoms with Crippen molar-refractivity contribution >= 4 is 38.3 Å². The Bertz CT molecular complexity index is 651. The zero-order valence-electron chi connectivity index (χ0n) is 11.9. The maximum Gasteiger partial charge on any atom is 0.230 e. The Kier molecular flexibility index (Phi) is 4.40. The van der Waals surface area contributed by atoms with Crippen LogP contribution in [-0.4, -0.2) is 10.9 Å². The van der Waals surface area contributed by atoms with Gasteiger partial charge in [-0.2, -0.15) is 0 Å². The molecule has 1 aromatic carbocycles. The van der Waals surface area contributed by atoms with Crippen molar-refractivity contribution in [3.63, 3.8) is 0 Å². The van der Waals surface area contributed by atoms with Crippen LogP contribution in [-0.2, 0) is 24.1 Å². The van der Waals surface area contributed by atoms with E-state index < -0.39 is 0 Å². The first kappa shape index (κ1) is 14.7. The van der Waals surface area contributed by atoms with E-state index in [1.165, 1.54) is 17.0 Å². The van der Waals surface area contributed by atoms with Gasteiger partial charge in [-0.05, 0) is 42.9 Å². The highest BCUT2D eigenvalue weighted by Crippen LogP contribution is 2.32. The van der Waals surface area contributed by atoms with E-state index in [0.29, 0.717) is 6.42 Å². The van der Waals surface area contributed by atoms with Gasteiger partial charge < -0.3 is 5.32 Å². The van der Waals surface area contributed by atoms with E-state index in [4.69, 9.17) is 0 Å². The summed E-state index contributed by atoms with van der Waals surface area (Å²) in [5, 5.41) is 3.68. The lowest BCUT2D eigenvalue weighted by Crippen LogP contribution is -2.14. The van der Waals surface area contributed by atoms with Gasteiger partial charge in [0.05, 0.1) is 12.1 Å². The number of halogens is 1. The molecule has 0 saturated heterocycles. The third-order valence-electron chi connectivity index (χ3n) is 3.71. The van der Waals surface area contributed by atoms with Crippen molar-refractivity contribution in [3.8, 4) is 0 Å². The number of aryl methyl sites for hydroxylation is 1. The van der Waals surface area contributed by atoms with Crippen LogP contribution in [0.3, 0.4) is 0 Å². The molecule has 21 heavy (non-hydrogen) atoms. The molecule has 0 spiro atoms. The smallest absolute Gasteiger partial charge is 0.230 e. The highest BCUT2D eigenvalue weighted by molar-refractivity contribution is 9.10. The number of fused-ring (bicyclic) bond motifs is 1. The fraction of sp³-hybridized carbons (Fsp3) is 0.375. The standard InChI is InChI=1S/C16H17BrN2OS/c1-10-2-7-13-14(8-10)21-16(18-13)19-15(20)9-11-3-5-12(17)6-4-11/h3-6,10H,2,7-9H2,1H3,(H,18,19,20). The molecule has 1 aliphatic carbocycles. The van der Waals surface area contributed by atoms with Crippen LogP contribution in [0.4, 0.5) is 5.13 Å². The second-order valence-electron chi connectivity index (χ2n) is 5.59. The molecule has 1 heterocycles. The van der Waals surface area contributed by atoms with Crippen LogP contribution in [0.1, 0.15) is 29.5 Å². The summed E-state index contributed by atoms with van der Waals surface area (Å²) < 4.78 is 1.02. The zero-order chi connectivity index (χ0) is 14.8. The number of rotatable bonds is 3. The summed E-state index contributed by atoms with van der Waals surface area (Å²) in [6.45, 7) is 2.27. The van der Waals surface area contributed by atoms with Gasteiger partial charge in [0.1, 0.15) is 0 Å². The summed E-state index contributed by atoms with van der Waals surface area (Å²) in [6.07, 6.45) is 3.71. The summed E-state index contributed by atoms with van der Waals surface area (Å²) in [7, 11) is 0. The van der Waals surface area contributed by atoms with Crippen LogP contribution < -0.4 is 5.32 Å². The number of carbonyl (C=O) groups excluding carboxylic acids is 1. The molecule has 3 rings (SSSR count). The zero-order valence-corrected chi connectivity index (χ0v) is 14.3. The number of carbonyl (C=O) groups is 1. The van der Waals surface area contributed by atoms with E-state index in [-0.39, 0.29) is 5.91 Å². The predicted molar refractivity (Wildman–Crippen MR) is 89.8 cm³/mol. The summed E-state index contributed by atoms with van der Waals surface area (Å²) in [5.41, 5.74) is 2.18. The Morgan fingerprint density at radius 2 is 2.19 bits per heavy atom. The lowest BCUT2D eigenvalue weighted by atomic mass is 9.93. The van der Waals surface area contributed by atoms with Crippen LogP contribution in [0.2, 0.25) is 0 Å². The van der Waals surface area contributed by atoms with Crippen molar-refractivity contribution in [2.45, 2.75) is 32.6 Å². The fourth-order valence-corrected chi connectivity index (χ4v) is 4.00. The molecule has 1 aromatic heterocycles. The number of nitrogens with one attached hydrogen (secondary N) is 1. The average Bonchev–Trinajstić information content (AvgIpc) is 2.82. The topological polar surface area (TPSA) is 42.0 Å². The first-order valence-electron chi connectivity index (χ1n) is 7.13. The fourth-order valence-electron chi connectivity index (χ4n) is 2.54. The molecule has 0 bridgehead atoms. The maximum absolute atomic E-state index is 12.1. The summed E-state index contributed by atoms with van der Waals surface area (Å²) in [4.78, 5) is 18.0. The quantitative estimate of drug-likeness (QED) is 0.885. The van der Waals surface area contributed by atoms with Crippen molar-refractivity contribution in [3.05, 3.63) is 44.9 Å². The number of amides is 1. The second kappa shape index (κ2) is 6.28. The van der Waals surface area contributed by atoms with Gasteiger partial charge >= 0.3 is 0 Å². The first-order valence-corrected chi connectivity index (χ1v) is 8.74. The minimum atomic E-state index is -0.00327. The number of aromatic nitrogens is 1. The number of thiazole rings is 1. The van der Waals surface area contributed by atoms with E-state index in [2.05, 4.69) is 33.2 Å². The van der Waals surface area contributed by atoms with E-state index in [1.54, 1.807) is 11.3 Å². The SMILES string of the molecule is CC1CCc2nc(NC(=O)Cc3ccc(Br)cc3)sc2C1. The van der Waals surface area contributed by atoms with Gasteiger partial charge in [0.25, 0.3) is 0 Å². The van der Waals surface area contributed by atoms with Gasteiger partial charge in [0.15, 0.2) is 5.13 Å². The number of hydrogen-bond donors (Lipinski definition) is 1. The van der Waals surface area contributed by atoms with Crippen LogP contribution in [0.15, 0.2) is 28.7 Å². The summed E-state index contributed by atoms with van der Waals surface area (Å²) in [5.74, 6) is 0.723. The van der Waals surface area contributed by atoms with Gasteiger partial charge in [-0.3, -0.25) is 4.79 Å². The molecule has 110 valence electrons. The van der Waals surface area contributed by atoms with Crippen LogP contribution >= 0.6 is 27.3 Å². The lowest BCUT2D eigenvalue weighted by Gasteiger charge is -2.15. The minimum absolute atomic E-state index is 0.00327. The molecule has 1 unspecified atom stereocenters. The van der Waals surface area contributed by atoms with E-state index in [0.717, 1.165) is 33.9 Å². The van der Waals surface area contributed by atoms with Crippen LogP contribution in [0.25, 0.3) is 0 Å². The molecule has 0 radical (unpaired) electrons. The van der Waals surface area contributed by atoms with E-state index >= 15 is 0 Å².